The monoisotopic (exact) mass is 280 g/mol. The molecule has 2 aliphatic rings. The van der Waals surface area contributed by atoms with Crippen LogP contribution in [-0.2, 0) is 14.4 Å². The van der Waals surface area contributed by atoms with E-state index in [2.05, 4.69) is 5.32 Å². The summed E-state index contributed by atoms with van der Waals surface area (Å²) in [7, 11) is 0. The van der Waals surface area contributed by atoms with Gasteiger partial charge in [-0.15, -0.1) is 0 Å². The third-order valence-corrected chi connectivity index (χ3v) is 4.46. The van der Waals surface area contributed by atoms with Gasteiger partial charge >= 0.3 is 0 Å². The Labute approximate surface area is 120 Å². The first-order valence-electron chi connectivity index (χ1n) is 7.64. The average Bonchev–Trinajstić information content (AvgIpc) is 2.70. The molecule has 1 aliphatic carbocycles. The lowest BCUT2D eigenvalue weighted by Gasteiger charge is -2.25. The second-order valence-electron chi connectivity index (χ2n) is 6.13. The molecule has 0 aromatic heterocycles. The summed E-state index contributed by atoms with van der Waals surface area (Å²) >= 11 is 0. The van der Waals surface area contributed by atoms with Crippen LogP contribution in [0.25, 0.3) is 0 Å². The summed E-state index contributed by atoms with van der Waals surface area (Å²) in [6, 6.07) is -0.691. The highest BCUT2D eigenvalue weighted by Gasteiger charge is 2.40. The zero-order valence-electron chi connectivity index (χ0n) is 12.4. The standard InChI is InChI=1S/C15H24N2O3/c1-10-8-13(18)17(15(10)20)11(2)14(19)16-9-12-6-4-3-5-7-12/h10-12H,3-9H2,1-2H3,(H,16,19). The van der Waals surface area contributed by atoms with Crippen molar-refractivity contribution >= 4 is 17.7 Å². The summed E-state index contributed by atoms with van der Waals surface area (Å²) in [5.41, 5.74) is 0. The topological polar surface area (TPSA) is 66.5 Å². The number of nitrogens with one attached hydrogen (secondary N) is 1. The first kappa shape index (κ1) is 15.0. The lowest BCUT2D eigenvalue weighted by Crippen LogP contribution is -2.48. The maximum atomic E-state index is 12.1. The van der Waals surface area contributed by atoms with Crippen LogP contribution in [0.15, 0.2) is 0 Å². The maximum Gasteiger partial charge on any atom is 0.243 e. The molecule has 1 N–H and O–H groups in total. The molecule has 0 bridgehead atoms. The molecule has 5 heteroatoms. The van der Waals surface area contributed by atoms with E-state index < -0.39 is 6.04 Å². The number of imide groups is 1. The Morgan fingerprint density at radius 3 is 2.50 bits per heavy atom. The number of amides is 3. The van der Waals surface area contributed by atoms with Crippen LogP contribution in [0.3, 0.4) is 0 Å². The first-order valence-corrected chi connectivity index (χ1v) is 7.64. The van der Waals surface area contributed by atoms with E-state index in [0.29, 0.717) is 12.5 Å². The Kier molecular flexibility index (Phi) is 4.78. The van der Waals surface area contributed by atoms with Crippen molar-refractivity contribution in [3.05, 3.63) is 0 Å². The van der Waals surface area contributed by atoms with Gasteiger partial charge in [0.1, 0.15) is 6.04 Å². The van der Waals surface area contributed by atoms with Crippen LogP contribution in [-0.4, -0.2) is 35.2 Å². The Morgan fingerprint density at radius 1 is 1.30 bits per heavy atom. The van der Waals surface area contributed by atoms with Gasteiger partial charge < -0.3 is 5.32 Å². The molecular weight excluding hydrogens is 256 g/mol. The molecule has 1 heterocycles. The van der Waals surface area contributed by atoms with Crippen molar-refractivity contribution in [1.29, 1.82) is 0 Å². The molecule has 2 unspecified atom stereocenters. The summed E-state index contributed by atoms with van der Waals surface area (Å²) in [6.07, 6.45) is 6.29. The minimum absolute atomic E-state index is 0.216. The van der Waals surface area contributed by atoms with E-state index in [9.17, 15) is 14.4 Å². The summed E-state index contributed by atoms with van der Waals surface area (Å²) in [5.74, 6) is -0.426. The molecule has 5 nitrogen and oxygen atoms in total. The maximum absolute atomic E-state index is 12.1. The molecule has 1 saturated carbocycles. The van der Waals surface area contributed by atoms with Crippen LogP contribution < -0.4 is 5.32 Å². The lowest BCUT2D eigenvalue weighted by atomic mass is 9.89. The summed E-state index contributed by atoms with van der Waals surface area (Å²) in [6.45, 7) is 4.02. The van der Waals surface area contributed by atoms with Gasteiger partial charge in [-0.25, -0.2) is 0 Å². The number of carbonyl (C=O) groups excluding carboxylic acids is 3. The average molecular weight is 280 g/mol. The number of likely N-dealkylation sites (tertiary alicyclic amines) is 1. The van der Waals surface area contributed by atoms with Gasteiger partial charge in [-0.2, -0.15) is 0 Å². The van der Waals surface area contributed by atoms with Crippen molar-refractivity contribution in [2.24, 2.45) is 11.8 Å². The Morgan fingerprint density at radius 2 is 1.95 bits per heavy atom. The highest BCUT2D eigenvalue weighted by molar-refractivity contribution is 6.06. The van der Waals surface area contributed by atoms with Crippen LogP contribution in [0.4, 0.5) is 0 Å². The number of carbonyl (C=O) groups is 3. The molecule has 0 radical (unpaired) electrons. The molecular formula is C15H24N2O3. The van der Waals surface area contributed by atoms with Gasteiger partial charge in [0, 0.05) is 18.9 Å². The molecule has 0 aromatic rings. The highest BCUT2D eigenvalue weighted by Crippen LogP contribution is 2.23. The molecule has 0 spiro atoms. The van der Waals surface area contributed by atoms with Crippen LogP contribution in [0, 0.1) is 11.8 Å². The van der Waals surface area contributed by atoms with E-state index >= 15 is 0 Å². The fourth-order valence-electron chi connectivity index (χ4n) is 3.12. The van der Waals surface area contributed by atoms with Gasteiger partial charge in [0.2, 0.25) is 17.7 Å². The fraction of sp³-hybridized carbons (Fsp3) is 0.800. The molecule has 112 valence electrons. The minimum Gasteiger partial charge on any atom is -0.354 e. The van der Waals surface area contributed by atoms with E-state index in [4.69, 9.17) is 0 Å². The van der Waals surface area contributed by atoms with Crippen LogP contribution in [0.1, 0.15) is 52.4 Å². The van der Waals surface area contributed by atoms with Gasteiger partial charge in [-0.05, 0) is 25.7 Å². The molecule has 20 heavy (non-hydrogen) atoms. The zero-order valence-corrected chi connectivity index (χ0v) is 12.4. The molecule has 1 aliphatic heterocycles. The second kappa shape index (κ2) is 6.37. The third kappa shape index (κ3) is 3.19. The second-order valence-corrected chi connectivity index (χ2v) is 6.13. The summed E-state index contributed by atoms with van der Waals surface area (Å²) in [5, 5.41) is 2.90. The Hall–Kier alpha value is -1.39. The smallest absolute Gasteiger partial charge is 0.243 e. The van der Waals surface area contributed by atoms with Crippen molar-refractivity contribution in [2.75, 3.05) is 6.54 Å². The van der Waals surface area contributed by atoms with Gasteiger partial charge in [-0.1, -0.05) is 26.2 Å². The van der Waals surface area contributed by atoms with Crippen molar-refractivity contribution in [1.82, 2.24) is 10.2 Å². The predicted molar refractivity (Wildman–Crippen MR) is 74.7 cm³/mol. The van der Waals surface area contributed by atoms with E-state index in [-0.39, 0.29) is 30.1 Å². The van der Waals surface area contributed by atoms with Crippen LogP contribution in [0.2, 0.25) is 0 Å². The van der Waals surface area contributed by atoms with E-state index in [1.807, 2.05) is 0 Å². The first-order chi connectivity index (χ1) is 9.50. The third-order valence-electron chi connectivity index (χ3n) is 4.46. The van der Waals surface area contributed by atoms with Gasteiger partial charge in [0.15, 0.2) is 0 Å². The quantitative estimate of drug-likeness (QED) is 0.793. The fourth-order valence-corrected chi connectivity index (χ4v) is 3.12. The van der Waals surface area contributed by atoms with Crippen molar-refractivity contribution in [2.45, 2.75) is 58.4 Å². The zero-order chi connectivity index (χ0) is 14.7. The Bertz CT molecular complexity index is 402. The van der Waals surface area contributed by atoms with Gasteiger partial charge in [-0.3, -0.25) is 19.3 Å². The molecule has 2 fully saturated rings. The normalized spacial score (nSPS) is 25.9. The SMILES string of the molecule is CC1CC(=O)N(C(C)C(=O)NCC2CCCCC2)C1=O. The molecule has 2 rings (SSSR count). The minimum atomic E-state index is -0.691. The lowest BCUT2D eigenvalue weighted by molar-refractivity contribution is -0.146. The molecule has 2 atom stereocenters. The van der Waals surface area contributed by atoms with Crippen LogP contribution in [0.5, 0.6) is 0 Å². The van der Waals surface area contributed by atoms with Gasteiger partial charge in [0.05, 0.1) is 0 Å². The summed E-state index contributed by atoms with van der Waals surface area (Å²) in [4.78, 5) is 36.9. The van der Waals surface area contributed by atoms with E-state index in [0.717, 1.165) is 17.7 Å². The van der Waals surface area contributed by atoms with Crippen molar-refractivity contribution < 1.29 is 14.4 Å². The van der Waals surface area contributed by atoms with E-state index in [1.165, 1.54) is 19.3 Å². The number of hydrogen-bond acceptors (Lipinski definition) is 3. The number of rotatable bonds is 4. The summed E-state index contributed by atoms with van der Waals surface area (Å²) < 4.78 is 0. The Balaban J connectivity index is 1.85. The molecule has 3 amide bonds. The number of nitrogens with zero attached hydrogens (tertiary/aromatic N) is 1. The predicted octanol–water partition coefficient (Wildman–Crippen LogP) is 1.47. The van der Waals surface area contributed by atoms with Crippen molar-refractivity contribution in [3.8, 4) is 0 Å². The van der Waals surface area contributed by atoms with E-state index in [1.54, 1.807) is 13.8 Å². The van der Waals surface area contributed by atoms with Crippen LogP contribution >= 0.6 is 0 Å². The highest BCUT2D eigenvalue weighted by atomic mass is 16.2. The van der Waals surface area contributed by atoms with Crippen molar-refractivity contribution in [3.63, 3.8) is 0 Å². The molecule has 1 saturated heterocycles. The van der Waals surface area contributed by atoms with Gasteiger partial charge in [0.25, 0.3) is 0 Å². The molecule has 0 aromatic carbocycles. The number of hydrogen-bond donors (Lipinski definition) is 1. The largest absolute Gasteiger partial charge is 0.354 e.